The first-order valence-electron chi connectivity index (χ1n) is 7.36. The fraction of sp³-hybridized carbons (Fsp3) is 0.625. The van der Waals surface area contributed by atoms with E-state index in [2.05, 4.69) is 48.1 Å². The molecule has 1 aromatic rings. The van der Waals surface area contributed by atoms with Crippen molar-refractivity contribution in [3.05, 3.63) is 34.9 Å². The van der Waals surface area contributed by atoms with Gasteiger partial charge in [0.05, 0.1) is 0 Å². The number of hydrogen-bond acceptors (Lipinski definition) is 3. The van der Waals surface area contributed by atoms with E-state index in [1.165, 1.54) is 18.7 Å². The molecule has 1 fully saturated rings. The SMILES string of the molecule is CN1CCN(C(C)(C)CNCc2ccc(Cl)cc2)CC1. The van der Waals surface area contributed by atoms with E-state index in [1.807, 2.05) is 12.1 Å². The fourth-order valence-corrected chi connectivity index (χ4v) is 2.76. The van der Waals surface area contributed by atoms with Crippen LogP contribution >= 0.6 is 11.6 Å². The Balaban J connectivity index is 1.78. The molecule has 20 heavy (non-hydrogen) atoms. The van der Waals surface area contributed by atoms with Crippen molar-refractivity contribution in [1.29, 1.82) is 0 Å². The summed E-state index contributed by atoms with van der Waals surface area (Å²) < 4.78 is 0. The minimum absolute atomic E-state index is 0.202. The summed E-state index contributed by atoms with van der Waals surface area (Å²) >= 11 is 5.90. The van der Waals surface area contributed by atoms with Gasteiger partial charge < -0.3 is 10.2 Å². The maximum atomic E-state index is 5.90. The van der Waals surface area contributed by atoms with Crippen molar-refractivity contribution in [2.45, 2.75) is 25.9 Å². The number of benzene rings is 1. The maximum absolute atomic E-state index is 5.90. The highest BCUT2D eigenvalue weighted by atomic mass is 35.5. The van der Waals surface area contributed by atoms with Gasteiger partial charge in [0.1, 0.15) is 0 Å². The van der Waals surface area contributed by atoms with Crippen LogP contribution in [0.25, 0.3) is 0 Å². The number of hydrogen-bond donors (Lipinski definition) is 1. The van der Waals surface area contributed by atoms with Gasteiger partial charge in [-0.3, -0.25) is 4.90 Å². The second-order valence-electron chi connectivity index (χ2n) is 6.33. The number of piperazine rings is 1. The van der Waals surface area contributed by atoms with Gasteiger partial charge in [-0.1, -0.05) is 23.7 Å². The molecule has 0 atom stereocenters. The predicted molar refractivity (Wildman–Crippen MR) is 86.3 cm³/mol. The standard InChI is InChI=1S/C16H26ClN3/c1-16(2,20-10-8-19(3)9-11-20)13-18-12-14-4-6-15(17)7-5-14/h4-7,18H,8-13H2,1-3H3. The Labute approximate surface area is 127 Å². The molecule has 1 aromatic carbocycles. The predicted octanol–water partition coefficient (Wildman–Crippen LogP) is 2.46. The topological polar surface area (TPSA) is 18.5 Å². The van der Waals surface area contributed by atoms with Gasteiger partial charge in [-0.2, -0.15) is 0 Å². The summed E-state index contributed by atoms with van der Waals surface area (Å²) in [4.78, 5) is 4.98. The van der Waals surface area contributed by atoms with E-state index in [4.69, 9.17) is 11.6 Å². The van der Waals surface area contributed by atoms with Gasteiger partial charge in [-0.15, -0.1) is 0 Å². The van der Waals surface area contributed by atoms with Crippen molar-refractivity contribution in [2.75, 3.05) is 39.8 Å². The number of nitrogens with one attached hydrogen (secondary N) is 1. The Bertz CT molecular complexity index is 408. The normalized spacial score (nSPS) is 18.4. The lowest BCUT2D eigenvalue weighted by molar-refractivity contribution is 0.0618. The average molecular weight is 296 g/mol. The molecule has 0 bridgehead atoms. The molecule has 0 aliphatic carbocycles. The fourth-order valence-electron chi connectivity index (χ4n) is 2.64. The Morgan fingerprint density at radius 3 is 2.30 bits per heavy atom. The highest BCUT2D eigenvalue weighted by molar-refractivity contribution is 6.30. The molecule has 1 saturated heterocycles. The molecule has 0 aromatic heterocycles. The largest absolute Gasteiger partial charge is 0.311 e. The Kier molecular flexibility index (Phi) is 5.44. The van der Waals surface area contributed by atoms with E-state index in [0.29, 0.717) is 0 Å². The molecule has 0 radical (unpaired) electrons. The zero-order valence-electron chi connectivity index (χ0n) is 12.8. The quantitative estimate of drug-likeness (QED) is 0.900. The van der Waals surface area contributed by atoms with Crippen molar-refractivity contribution in [3.8, 4) is 0 Å². The molecular formula is C16H26ClN3. The first kappa shape index (κ1) is 15.8. The van der Waals surface area contributed by atoms with Crippen LogP contribution in [0, 0.1) is 0 Å². The lowest BCUT2D eigenvalue weighted by atomic mass is 10.0. The number of rotatable bonds is 5. The second kappa shape index (κ2) is 6.90. The summed E-state index contributed by atoms with van der Waals surface area (Å²) in [6.07, 6.45) is 0. The lowest BCUT2D eigenvalue weighted by Gasteiger charge is -2.43. The van der Waals surface area contributed by atoms with Crippen LogP contribution in [0.5, 0.6) is 0 Å². The Morgan fingerprint density at radius 2 is 1.70 bits per heavy atom. The molecule has 1 aliphatic rings. The first-order valence-corrected chi connectivity index (χ1v) is 7.74. The minimum atomic E-state index is 0.202. The van der Waals surface area contributed by atoms with E-state index in [9.17, 15) is 0 Å². The minimum Gasteiger partial charge on any atom is -0.311 e. The van der Waals surface area contributed by atoms with E-state index >= 15 is 0 Å². The summed E-state index contributed by atoms with van der Waals surface area (Å²) in [5.41, 5.74) is 1.48. The molecular weight excluding hydrogens is 270 g/mol. The van der Waals surface area contributed by atoms with Crippen molar-refractivity contribution in [1.82, 2.24) is 15.1 Å². The maximum Gasteiger partial charge on any atom is 0.0406 e. The molecule has 1 N–H and O–H groups in total. The van der Waals surface area contributed by atoms with Crippen molar-refractivity contribution in [2.24, 2.45) is 0 Å². The third kappa shape index (κ3) is 4.45. The first-order chi connectivity index (χ1) is 9.47. The van der Waals surface area contributed by atoms with E-state index < -0.39 is 0 Å². The van der Waals surface area contributed by atoms with Crippen molar-refractivity contribution in [3.63, 3.8) is 0 Å². The van der Waals surface area contributed by atoms with Crippen LogP contribution in [-0.2, 0) is 6.54 Å². The second-order valence-corrected chi connectivity index (χ2v) is 6.77. The average Bonchev–Trinajstić information content (AvgIpc) is 2.41. The molecule has 2 rings (SSSR count). The molecule has 3 nitrogen and oxygen atoms in total. The molecule has 0 amide bonds. The number of halogens is 1. The summed E-state index contributed by atoms with van der Waals surface area (Å²) in [5, 5.41) is 4.37. The lowest BCUT2D eigenvalue weighted by Crippen LogP contribution is -2.57. The van der Waals surface area contributed by atoms with Crippen LogP contribution in [0.15, 0.2) is 24.3 Å². The third-order valence-electron chi connectivity index (χ3n) is 4.16. The van der Waals surface area contributed by atoms with Crippen molar-refractivity contribution < 1.29 is 0 Å². The van der Waals surface area contributed by atoms with Gasteiger partial charge in [-0.05, 0) is 38.6 Å². The van der Waals surface area contributed by atoms with Crippen molar-refractivity contribution >= 4 is 11.6 Å². The monoisotopic (exact) mass is 295 g/mol. The molecule has 1 aliphatic heterocycles. The Hall–Kier alpha value is -0.610. The van der Waals surface area contributed by atoms with Gasteiger partial charge in [0.15, 0.2) is 0 Å². The number of likely N-dealkylation sites (N-methyl/N-ethyl adjacent to an activating group) is 1. The van der Waals surface area contributed by atoms with Crippen LogP contribution < -0.4 is 5.32 Å². The molecule has 0 unspecified atom stereocenters. The Morgan fingerprint density at radius 1 is 1.10 bits per heavy atom. The number of nitrogens with zero attached hydrogens (tertiary/aromatic N) is 2. The third-order valence-corrected chi connectivity index (χ3v) is 4.41. The smallest absolute Gasteiger partial charge is 0.0406 e. The van der Waals surface area contributed by atoms with Crippen LogP contribution in [0.4, 0.5) is 0 Å². The van der Waals surface area contributed by atoms with Gasteiger partial charge in [0.2, 0.25) is 0 Å². The van der Waals surface area contributed by atoms with E-state index in [1.54, 1.807) is 0 Å². The van der Waals surface area contributed by atoms with E-state index in [-0.39, 0.29) is 5.54 Å². The summed E-state index contributed by atoms with van der Waals surface area (Å²) in [7, 11) is 2.20. The van der Waals surface area contributed by atoms with Gasteiger partial charge in [-0.25, -0.2) is 0 Å². The van der Waals surface area contributed by atoms with Crippen LogP contribution in [-0.4, -0.2) is 55.1 Å². The molecule has 0 saturated carbocycles. The summed E-state index contributed by atoms with van der Waals surface area (Å²) in [6, 6.07) is 8.06. The van der Waals surface area contributed by atoms with E-state index in [0.717, 1.165) is 31.2 Å². The highest BCUT2D eigenvalue weighted by Gasteiger charge is 2.28. The zero-order valence-corrected chi connectivity index (χ0v) is 13.6. The zero-order chi connectivity index (χ0) is 14.6. The molecule has 112 valence electrons. The molecule has 4 heteroatoms. The van der Waals surface area contributed by atoms with Gasteiger partial charge in [0.25, 0.3) is 0 Å². The highest BCUT2D eigenvalue weighted by Crippen LogP contribution is 2.16. The van der Waals surface area contributed by atoms with Gasteiger partial charge >= 0.3 is 0 Å². The molecule has 1 heterocycles. The van der Waals surface area contributed by atoms with Crippen LogP contribution in [0.3, 0.4) is 0 Å². The van der Waals surface area contributed by atoms with Crippen LogP contribution in [0.1, 0.15) is 19.4 Å². The molecule has 0 spiro atoms. The summed E-state index contributed by atoms with van der Waals surface area (Å²) in [5.74, 6) is 0. The summed E-state index contributed by atoms with van der Waals surface area (Å²) in [6.45, 7) is 11.2. The van der Waals surface area contributed by atoms with Gasteiger partial charge in [0, 0.05) is 49.8 Å². The van der Waals surface area contributed by atoms with Crippen LogP contribution in [0.2, 0.25) is 5.02 Å².